The van der Waals surface area contributed by atoms with Gasteiger partial charge in [0.05, 0.1) is 5.04 Å². The highest BCUT2D eigenvalue weighted by Gasteiger charge is 2.57. The fourth-order valence-electron chi connectivity index (χ4n) is 3.39. The molecule has 1 aliphatic carbocycles. The van der Waals surface area contributed by atoms with Crippen molar-refractivity contribution in [2.24, 2.45) is 10.9 Å². The highest BCUT2D eigenvalue weighted by molar-refractivity contribution is 8.14. The number of carboxylic acids is 1. The molecule has 2 fully saturated rings. The van der Waals surface area contributed by atoms with Crippen LogP contribution in [0.25, 0.3) is 0 Å². The van der Waals surface area contributed by atoms with E-state index in [1.54, 1.807) is 11.8 Å². The highest BCUT2D eigenvalue weighted by atomic mass is 35.5. The third-order valence-corrected chi connectivity index (χ3v) is 6.33. The first-order chi connectivity index (χ1) is 10.5. The molecule has 2 aliphatic heterocycles. The normalized spacial score (nSPS) is 29.6. The highest BCUT2D eigenvalue weighted by Crippen LogP contribution is 2.45. The molecule has 0 aromatic rings. The Morgan fingerprint density at radius 3 is 2.73 bits per heavy atom. The summed E-state index contributed by atoms with van der Waals surface area (Å²) in [5.41, 5.74) is 0.340. The maximum absolute atomic E-state index is 12.3. The van der Waals surface area contributed by atoms with E-state index in [2.05, 4.69) is 11.6 Å². The quantitative estimate of drug-likeness (QED) is 0.473. The number of β-lactam (4-membered cyclic amide) rings is 1. The molecule has 1 amide bonds. The molecule has 0 bridgehead atoms. The van der Waals surface area contributed by atoms with Gasteiger partial charge in [-0.25, -0.2) is 4.79 Å². The third-order valence-electron chi connectivity index (χ3n) is 4.58. The number of amides is 1. The Hall–Kier alpha value is -1.01. The number of rotatable bonds is 5. The van der Waals surface area contributed by atoms with Crippen LogP contribution < -0.4 is 0 Å². The lowest BCUT2D eigenvalue weighted by atomic mass is 9.90. The van der Waals surface area contributed by atoms with E-state index in [9.17, 15) is 14.7 Å². The van der Waals surface area contributed by atoms with E-state index in [0.29, 0.717) is 11.5 Å². The van der Waals surface area contributed by atoms with E-state index in [1.807, 2.05) is 0 Å². The average molecular weight is 343 g/mol. The number of likely N-dealkylation sites (tertiary alicyclic amines) is 1. The minimum atomic E-state index is -1.08. The van der Waals surface area contributed by atoms with E-state index >= 15 is 0 Å². The summed E-state index contributed by atoms with van der Waals surface area (Å²) in [7, 11) is 0. The van der Waals surface area contributed by atoms with Gasteiger partial charge in [0.25, 0.3) is 5.91 Å². The molecule has 3 rings (SSSR count). The van der Waals surface area contributed by atoms with Crippen molar-refractivity contribution in [2.75, 3.05) is 5.88 Å². The van der Waals surface area contributed by atoms with Crippen LogP contribution in [0.15, 0.2) is 17.1 Å². The third kappa shape index (κ3) is 2.56. The first kappa shape index (κ1) is 15.9. The molecular formula is C15H19ClN2O3S. The molecule has 3 unspecified atom stereocenters. The maximum Gasteiger partial charge on any atom is 0.330 e. The van der Waals surface area contributed by atoms with Gasteiger partial charge in [0.2, 0.25) is 0 Å². The number of thioether (sulfide) groups is 1. The van der Waals surface area contributed by atoms with Crippen molar-refractivity contribution in [2.45, 2.75) is 49.6 Å². The van der Waals surface area contributed by atoms with Gasteiger partial charge in [-0.05, 0) is 18.4 Å². The van der Waals surface area contributed by atoms with Gasteiger partial charge in [-0.2, -0.15) is 0 Å². The zero-order valence-corrected chi connectivity index (χ0v) is 13.8. The Labute approximate surface area is 138 Å². The molecule has 1 saturated carbocycles. The van der Waals surface area contributed by atoms with E-state index in [1.165, 1.54) is 24.2 Å². The molecule has 0 radical (unpaired) electrons. The molecule has 1 N–H and O–H groups in total. The van der Waals surface area contributed by atoms with Crippen molar-refractivity contribution in [3.63, 3.8) is 0 Å². The number of nitrogens with zero attached hydrogens (tertiary/aromatic N) is 2. The second-order valence-corrected chi connectivity index (χ2v) is 7.44. The van der Waals surface area contributed by atoms with Crippen LogP contribution in [0.4, 0.5) is 0 Å². The molecule has 3 atom stereocenters. The summed E-state index contributed by atoms with van der Waals surface area (Å²) >= 11 is 7.28. The smallest absolute Gasteiger partial charge is 0.330 e. The van der Waals surface area contributed by atoms with Crippen molar-refractivity contribution < 1.29 is 14.7 Å². The van der Waals surface area contributed by atoms with Crippen LogP contribution in [0.2, 0.25) is 0 Å². The van der Waals surface area contributed by atoms with Crippen molar-refractivity contribution in [1.82, 2.24) is 4.90 Å². The van der Waals surface area contributed by atoms with Crippen LogP contribution in [-0.4, -0.2) is 50.3 Å². The van der Waals surface area contributed by atoms with Gasteiger partial charge in [-0.3, -0.25) is 9.79 Å². The molecule has 120 valence electrons. The van der Waals surface area contributed by atoms with Gasteiger partial charge in [0, 0.05) is 11.8 Å². The van der Waals surface area contributed by atoms with Gasteiger partial charge in [0.1, 0.15) is 5.37 Å². The lowest BCUT2D eigenvalue weighted by Crippen LogP contribution is -2.66. The van der Waals surface area contributed by atoms with Gasteiger partial charge in [0.15, 0.2) is 12.1 Å². The summed E-state index contributed by atoms with van der Waals surface area (Å²) < 4.78 is 0. The number of halogens is 1. The molecule has 22 heavy (non-hydrogen) atoms. The topological polar surface area (TPSA) is 70.0 Å². The number of carbonyl (C=O) groups excluding carboxylic acids is 1. The number of aliphatic imine (C=N–C) groups is 1. The first-order valence-corrected chi connectivity index (χ1v) is 8.99. The number of aliphatic carboxylic acids is 1. The Morgan fingerprint density at radius 2 is 2.14 bits per heavy atom. The van der Waals surface area contributed by atoms with Crippen LogP contribution >= 0.6 is 23.4 Å². The molecule has 7 heteroatoms. The predicted molar refractivity (Wildman–Crippen MR) is 87.3 cm³/mol. The maximum atomic E-state index is 12.3. The Morgan fingerprint density at radius 1 is 1.45 bits per heavy atom. The number of hydrogen-bond acceptors (Lipinski definition) is 4. The van der Waals surface area contributed by atoms with Crippen molar-refractivity contribution in [3.05, 3.63) is 12.2 Å². The fourth-order valence-corrected chi connectivity index (χ4v) is 5.03. The molecule has 2 heterocycles. The molecule has 3 aliphatic rings. The van der Waals surface area contributed by atoms with Crippen LogP contribution in [0.3, 0.4) is 0 Å². The zero-order chi connectivity index (χ0) is 15.9. The van der Waals surface area contributed by atoms with Gasteiger partial charge >= 0.3 is 5.97 Å². The number of carboxylic acid groups (broad SMARTS) is 1. The van der Waals surface area contributed by atoms with Crippen LogP contribution in [-0.2, 0) is 9.59 Å². The summed E-state index contributed by atoms with van der Waals surface area (Å²) in [6.45, 7) is 3.70. The summed E-state index contributed by atoms with van der Waals surface area (Å²) in [6, 6.07) is -1.45. The summed E-state index contributed by atoms with van der Waals surface area (Å²) in [5.74, 6) is -0.830. The number of carbonyl (C=O) groups is 2. The number of fused-ring (bicyclic) bond motifs is 1. The second-order valence-electron chi connectivity index (χ2n) is 6.03. The van der Waals surface area contributed by atoms with Crippen molar-refractivity contribution in [1.29, 1.82) is 0 Å². The molecule has 0 aromatic carbocycles. The molecule has 0 aromatic heterocycles. The van der Waals surface area contributed by atoms with Crippen molar-refractivity contribution >= 4 is 40.3 Å². The Kier molecular flexibility index (Phi) is 4.50. The van der Waals surface area contributed by atoms with Gasteiger partial charge in [-0.1, -0.05) is 37.6 Å². The molecule has 1 saturated heterocycles. The lowest BCUT2D eigenvalue weighted by molar-refractivity contribution is -0.157. The van der Waals surface area contributed by atoms with Gasteiger partial charge < -0.3 is 10.0 Å². The van der Waals surface area contributed by atoms with E-state index in [0.717, 1.165) is 17.9 Å². The SMILES string of the molecule is C=C(CCl)C(C(=O)O)N1C(=O)C2N=C(C3CCCCC3)SC21. The Bertz CT molecular complexity index is 545. The number of alkyl halides is 1. The number of hydrogen-bond donors (Lipinski definition) is 1. The van der Waals surface area contributed by atoms with E-state index < -0.39 is 18.1 Å². The standard InChI is InChI=1S/C15H19ClN2O3S/c1-8(7-16)11(15(20)21)18-13(19)10-14(18)22-12(17-10)9-5-3-2-4-6-9/h9-11,14H,1-7H2,(H,20,21). The van der Waals surface area contributed by atoms with Crippen molar-refractivity contribution in [3.8, 4) is 0 Å². The van der Waals surface area contributed by atoms with Crippen LogP contribution in [0.5, 0.6) is 0 Å². The Balaban J connectivity index is 1.73. The largest absolute Gasteiger partial charge is 0.479 e. The van der Waals surface area contributed by atoms with E-state index in [4.69, 9.17) is 11.6 Å². The molecular weight excluding hydrogens is 324 g/mol. The average Bonchev–Trinajstić information content (AvgIpc) is 2.92. The fraction of sp³-hybridized carbons (Fsp3) is 0.667. The molecule has 0 spiro atoms. The predicted octanol–water partition coefficient (Wildman–Crippen LogP) is 2.50. The summed E-state index contributed by atoms with van der Waals surface area (Å²) in [5, 5.41) is 10.2. The van der Waals surface area contributed by atoms with Gasteiger partial charge in [-0.15, -0.1) is 11.6 Å². The second kappa shape index (κ2) is 6.24. The summed E-state index contributed by atoms with van der Waals surface area (Å²) in [4.78, 5) is 29.7. The first-order valence-electron chi connectivity index (χ1n) is 7.57. The molecule has 5 nitrogen and oxygen atoms in total. The van der Waals surface area contributed by atoms with E-state index in [-0.39, 0.29) is 17.2 Å². The summed E-state index contributed by atoms with van der Waals surface area (Å²) in [6.07, 6.45) is 5.92. The van der Waals surface area contributed by atoms with Crippen LogP contribution in [0, 0.1) is 5.92 Å². The lowest BCUT2D eigenvalue weighted by Gasteiger charge is -2.44. The van der Waals surface area contributed by atoms with Crippen LogP contribution in [0.1, 0.15) is 32.1 Å². The minimum Gasteiger partial charge on any atom is -0.479 e. The minimum absolute atomic E-state index is 0.0269. The monoisotopic (exact) mass is 342 g/mol. The zero-order valence-electron chi connectivity index (χ0n) is 12.2.